The van der Waals surface area contributed by atoms with Crippen LogP contribution >= 0.6 is 0 Å². The minimum Gasteiger partial charge on any atom is -0.506 e. The Morgan fingerprint density at radius 2 is 1.66 bits per heavy atom. The highest BCUT2D eigenvalue weighted by Gasteiger charge is 2.24. The average molecular weight is 837 g/mol. The highest BCUT2D eigenvalue weighted by atomic mass is 16.6. The van der Waals surface area contributed by atoms with Crippen molar-refractivity contribution in [2.45, 2.75) is 44.8 Å². The van der Waals surface area contributed by atoms with Crippen LogP contribution in [0.25, 0.3) is 22.0 Å². The maximum absolute atomic E-state index is 13.4. The van der Waals surface area contributed by atoms with Crippen molar-refractivity contribution in [2.24, 2.45) is 0 Å². The Hall–Kier alpha value is -6.80. The summed E-state index contributed by atoms with van der Waals surface area (Å²) in [5.41, 5.74) is 6.71. The normalized spacial score (nSPS) is 13.7. The Morgan fingerprint density at radius 3 is 2.47 bits per heavy atom. The van der Waals surface area contributed by atoms with E-state index in [0.29, 0.717) is 85.4 Å². The lowest BCUT2D eigenvalue weighted by molar-refractivity contribution is -0.118. The molecule has 320 valence electrons. The van der Waals surface area contributed by atoms with Crippen LogP contribution in [-0.4, -0.2) is 83.9 Å². The molecule has 7 rings (SSSR count). The van der Waals surface area contributed by atoms with Gasteiger partial charge in [0.1, 0.15) is 11.9 Å². The van der Waals surface area contributed by atoms with Gasteiger partial charge in [0.2, 0.25) is 11.5 Å². The number of aliphatic hydroxyl groups is 1. The molecule has 0 saturated carbocycles. The molecule has 0 unspecified atom stereocenters. The Morgan fingerprint density at radius 1 is 0.887 bits per heavy atom. The Bertz CT molecular complexity index is 2590. The molecule has 0 spiro atoms. The smallest absolute Gasteiger partial charge is 0.411 e. The number of aromatic hydroxyl groups is 1. The molecule has 5 aromatic carbocycles. The number of amides is 3. The number of likely N-dealkylation sites (tertiary alicyclic amines) is 1. The van der Waals surface area contributed by atoms with E-state index in [1.807, 2.05) is 91.9 Å². The maximum Gasteiger partial charge on any atom is 0.411 e. The van der Waals surface area contributed by atoms with E-state index in [-0.39, 0.29) is 41.3 Å². The third kappa shape index (κ3) is 10.9. The fourth-order valence-electron chi connectivity index (χ4n) is 7.81. The van der Waals surface area contributed by atoms with E-state index < -0.39 is 12.2 Å². The molecule has 0 aliphatic carbocycles. The lowest BCUT2D eigenvalue weighted by Gasteiger charge is -2.32. The number of carbonyl (C=O) groups excluding carboxylic acids is 3. The van der Waals surface area contributed by atoms with Crippen LogP contribution in [0.3, 0.4) is 0 Å². The summed E-state index contributed by atoms with van der Waals surface area (Å²) < 4.78 is 5.79. The van der Waals surface area contributed by atoms with Crippen LogP contribution < -0.4 is 26.4 Å². The number of benzene rings is 5. The second-order valence-corrected chi connectivity index (χ2v) is 15.6. The summed E-state index contributed by atoms with van der Waals surface area (Å²) >= 11 is 0. The van der Waals surface area contributed by atoms with Crippen molar-refractivity contribution in [3.63, 3.8) is 0 Å². The van der Waals surface area contributed by atoms with Crippen molar-refractivity contribution in [1.82, 2.24) is 15.2 Å². The predicted octanol–water partition coefficient (Wildman–Crippen LogP) is 7.39. The summed E-state index contributed by atoms with van der Waals surface area (Å²) in [7, 11) is 1.73. The fraction of sp³-hybridized carbons (Fsp3) is 0.265. The average Bonchev–Trinajstić information content (AvgIpc) is 3.28. The minimum absolute atomic E-state index is 0.0620. The van der Waals surface area contributed by atoms with Gasteiger partial charge in [-0.1, -0.05) is 72.8 Å². The predicted molar refractivity (Wildman–Crippen MR) is 243 cm³/mol. The first kappa shape index (κ1) is 43.3. The van der Waals surface area contributed by atoms with Gasteiger partial charge in [0.05, 0.1) is 17.3 Å². The molecule has 13 heteroatoms. The van der Waals surface area contributed by atoms with Gasteiger partial charge in [-0.25, -0.2) is 4.79 Å². The number of hydrogen-bond acceptors (Lipinski definition) is 9. The number of hydrogen-bond donors (Lipinski definition) is 6. The lowest BCUT2D eigenvalue weighted by atomic mass is 10.0. The number of nitrogens with zero attached hydrogens (tertiary/aromatic N) is 2. The number of aromatic amines is 1. The SMILES string of the molecule is Cc1ccc(C(=O)Nc2cccc(CCNC[C@H](O)c3ccc(O)c4[nH]c(=O)ccc34)c2)cc1N(C)C(=O)CCN1CCC(OC(=O)Nc2ccccc2-c2ccccc2)CC1. The molecule has 13 nitrogen and oxygen atoms in total. The molecule has 6 aromatic rings. The molecule has 62 heavy (non-hydrogen) atoms. The fourth-order valence-corrected chi connectivity index (χ4v) is 7.81. The van der Waals surface area contributed by atoms with Gasteiger partial charge in [0.25, 0.3) is 5.91 Å². The topological polar surface area (TPSA) is 176 Å². The zero-order chi connectivity index (χ0) is 43.6. The van der Waals surface area contributed by atoms with E-state index >= 15 is 0 Å². The number of aromatic nitrogens is 1. The van der Waals surface area contributed by atoms with Gasteiger partial charge in [0.15, 0.2) is 0 Å². The van der Waals surface area contributed by atoms with E-state index in [4.69, 9.17) is 4.74 Å². The highest BCUT2D eigenvalue weighted by Crippen LogP contribution is 2.30. The third-order valence-corrected chi connectivity index (χ3v) is 11.3. The number of aliphatic hydroxyl groups excluding tert-OH is 1. The first-order chi connectivity index (χ1) is 30.0. The van der Waals surface area contributed by atoms with E-state index in [1.165, 1.54) is 12.1 Å². The Kier molecular flexibility index (Phi) is 14.1. The number of phenols is 1. The molecule has 0 radical (unpaired) electrons. The second-order valence-electron chi connectivity index (χ2n) is 15.6. The summed E-state index contributed by atoms with van der Waals surface area (Å²) in [5.74, 6) is -0.428. The first-order valence-electron chi connectivity index (χ1n) is 20.9. The number of carbonyl (C=O) groups is 3. The molecular weight excluding hydrogens is 785 g/mol. The maximum atomic E-state index is 13.4. The van der Waals surface area contributed by atoms with Crippen molar-refractivity contribution < 1.29 is 29.3 Å². The van der Waals surface area contributed by atoms with Gasteiger partial charge < -0.3 is 40.4 Å². The number of para-hydroxylation sites is 1. The summed E-state index contributed by atoms with van der Waals surface area (Å²) in [6, 6.07) is 36.4. The molecular formula is C49H52N6O7. The molecule has 1 saturated heterocycles. The molecule has 1 aliphatic rings. The Balaban J connectivity index is 0.848. The molecule has 1 fully saturated rings. The number of aryl methyl sites for hydroxylation is 1. The molecule has 6 N–H and O–H groups in total. The van der Waals surface area contributed by atoms with Gasteiger partial charge >= 0.3 is 6.09 Å². The van der Waals surface area contributed by atoms with Gasteiger partial charge in [-0.15, -0.1) is 0 Å². The number of ether oxygens (including phenoxy) is 1. The number of H-pyrrole nitrogens is 1. The molecule has 1 aromatic heterocycles. The van der Waals surface area contributed by atoms with Gasteiger partial charge in [0, 0.05) is 73.6 Å². The third-order valence-electron chi connectivity index (χ3n) is 11.3. The first-order valence-corrected chi connectivity index (χ1v) is 20.9. The molecule has 1 aliphatic heterocycles. The van der Waals surface area contributed by atoms with Crippen molar-refractivity contribution in [2.75, 3.05) is 55.3 Å². The number of nitrogens with one attached hydrogen (secondary N) is 4. The summed E-state index contributed by atoms with van der Waals surface area (Å²) in [5, 5.41) is 30.8. The molecule has 0 bridgehead atoms. The number of phenolic OH excluding ortho intramolecular Hbond substituents is 1. The summed E-state index contributed by atoms with van der Waals surface area (Å²) in [6.45, 7) is 4.69. The van der Waals surface area contributed by atoms with E-state index in [1.54, 1.807) is 36.2 Å². The van der Waals surface area contributed by atoms with Gasteiger partial charge in [-0.05, 0) is 97.4 Å². The highest BCUT2D eigenvalue weighted by molar-refractivity contribution is 6.06. The van der Waals surface area contributed by atoms with E-state index in [0.717, 1.165) is 22.3 Å². The number of rotatable bonds is 15. The van der Waals surface area contributed by atoms with Crippen molar-refractivity contribution in [3.05, 3.63) is 154 Å². The van der Waals surface area contributed by atoms with Gasteiger partial charge in [-0.3, -0.25) is 19.7 Å². The minimum atomic E-state index is -0.870. The molecule has 2 heterocycles. The molecule has 1 atom stereocenters. The lowest BCUT2D eigenvalue weighted by Crippen LogP contribution is -2.40. The number of anilines is 3. The standard InChI is InChI=1S/C49H52N6O7/c1-32-15-16-35(48(60)51-36-12-8-9-33(29-36)21-25-50-31-44(57)39-17-19-43(56)47-40(39)18-20-45(58)53-47)30-42(32)54(2)46(59)24-28-55-26-22-37(23-27-55)62-49(61)52-41-14-7-6-13-38(41)34-10-4-3-5-11-34/h3-20,29-30,37,44,50,56-57H,21-28,31H2,1-2H3,(H,51,60)(H,52,61)(H,53,58)/t44-/m0/s1. The Labute approximate surface area is 360 Å². The van der Waals surface area contributed by atoms with Crippen LogP contribution in [0.2, 0.25) is 0 Å². The molecule has 3 amide bonds. The largest absolute Gasteiger partial charge is 0.506 e. The van der Waals surface area contributed by atoms with Crippen LogP contribution in [0.5, 0.6) is 5.75 Å². The van der Waals surface area contributed by atoms with Crippen molar-refractivity contribution in [1.29, 1.82) is 0 Å². The van der Waals surface area contributed by atoms with E-state index in [9.17, 15) is 29.4 Å². The van der Waals surface area contributed by atoms with Crippen molar-refractivity contribution >= 4 is 45.9 Å². The zero-order valence-electron chi connectivity index (χ0n) is 34.9. The van der Waals surface area contributed by atoms with Crippen LogP contribution in [0.15, 0.2) is 126 Å². The van der Waals surface area contributed by atoms with Crippen LogP contribution in [0.1, 0.15) is 52.4 Å². The quantitative estimate of drug-likeness (QED) is 0.0576. The van der Waals surface area contributed by atoms with Crippen LogP contribution in [0, 0.1) is 6.92 Å². The number of fused-ring (bicyclic) bond motifs is 1. The summed E-state index contributed by atoms with van der Waals surface area (Å²) in [4.78, 5) is 57.9. The number of piperidine rings is 1. The second kappa shape index (κ2) is 20.2. The van der Waals surface area contributed by atoms with Crippen LogP contribution in [0.4, 0.5) is 21.9 Å². The van der Waals surface area contributed by atoms with Crippen LogP contribution in [-0.2, 0) is 16.0 Å². The van der Waals surface area contributed by atoms with E-state index in [2.05, 4.69) is 25.8 Å². The summed E-state index contributed by atoms with van der Waals surface area (Å²) in [6.07, 6.45) is 0.703. The number of pyridine rings is 1. The van der Waals surface area contributed by atoms with Gasteiger partial charge in [-0.2, -0.15) is 0 Å². The monoisotopic (exact) mass is 836 g/mol. The van der Waals surface area contributed by atoms with Crippen molar-refractivity contribution in [3.8, 4) is 16.9 Å². The zero-order valence-corrected chi connectivity index (χ0v) is 34.9.